The SMILES string of the molecule is O=C(O)CC(=O)CC1C=Cc2ccccc21. The van der Waals surface area contributed by atoms with Gasteiger partial charge >= 0.3 is 5.97 Å². The zero-order valence-electron chi connectivity index (χ0n) is 8.72. The summed E-state index contributed by atoms with van der Waals surface area (Å²) in [4.78, 5) is 21.8. The quantitative estimate of drug-likeness (QED) is 0.785. The van der Waals surface area contributed by atoms with Crippen LogP contribution in [-0.2, 0) is 9.59 Å². The third-order valence-corrected chi connectivity index (χ3v) is 2.70. The first-order valence-electron chi connectivity index (χ1n) is 5.17. The summed E-state index contributed by atoms with van der Waals surface area (Å²) in [5.41, 5.74) is 2.23. The van der Waals surface area contributed by atoms with Crippen molar-refractivity contribution in [3.8, 4) is 0 Å². The second-order valence-corrected chi connectivity index (χ2v) is 3.91. The van der Waals surface area contributed by atoms with Crippen LogP contribution in [0.3, 0.4) is 0 Å². The van der Waals surface area contributed by atoms with Crippen LogP contribution in [-0.4, -0.2) is 16.9 Å². The molecule has 16 heavy (non-hydrogen) atoms. The molecule has 3 heteroatoms. The van der Waals surface area contributed by atoms with Crippen molar-refractivity contribution in [2.75, 3.05) is 0 Å². The summed E-state index contributed by atoms with van der Waals surface area (Å²) < 4.78 is 0. The van der Waals surface area contributed by atoms with Gasteiger partial charge in [-0.1, -0.05) is 36.4 Å². The molecule has 0 amide bonds. The number of carboxylic acids is 1. The van der Waals surface area contributed by atoms with Crippen LogP contribution < -0.4 is 0 Å². The summed E-state index contributed by atoms with van der Waals surface area (Å²) >= 11 is 0. The molecule has 0 heterocycles. The van der Waals surface area contributed by atoms with Crippen LogP contribution >= 0.6 is 0 Å². The highest BCUT2D eigenvalue weighted by Gasteiger charge is 2.20. The van der Waals surface area contributed by atoms with Crippen LogP contribution in [0.15, 0.2) is 30.3 Å². The normalized spacial score (nSPS) is 17.1. The van der Waals surface area contributed by atoms with Gasteiger partial charge in [-0.2, -0.15) is 0 Å². The van der Waals surface area contributed by atoms with Gasteiger partial charge in [-0.15, -0.1) is 0 Å². The number of aliphatic carboxylic acids is 1. The predicted molar refractivity (Wildman–Crippen MR) is 60.1 cm³/mol. The molecule has 1 aliphatic carbocycles. The van der Waals surface area contributed by atoms with Crippen molar-refractivity contribution in [2.24, 2.45) is 0 Å². The van der Waals surface area contributed by atoms with Crippen molar-refractivity contribution in [1.29, 1.82) is 0 Å². The lowest BCUT2D eigenvalue weighted by atomic mass is 9.95. The van der Waals surface area contributed by atoms with E-state index in [0.29, 0.717) is 0 Å². The largest absolute Gasteiger partial charge is 0.481 e. The number of ketones is 1. The lowest BCUT2D eigenvalue weighted by molar-refractivity contribution is -0.140. The van der Waals surface area contributed by atoms with E-state index >= 15 is 0 Å². The van der Waals surface area contributed by atoms with Crippen molar-refractivity contribution in [3.05, 3.63) is 41.5 Å². The van der Waals surface area contributed by atoms with E-state index in [4.69, 9.17) is 5.11 Å². The van der Waals surface area contributed by atoms with Gasteiger partial charge in [0.15, 0.2) is 0 Å². The molecule has 0 bridgehead atoms. The molecule has 0 fully saturated rings. The van der Waals surface area contributed by atoms with E-state index in [1.54, 1.807) is 0 Å². The molecule has 1 aliphatic rings. The van der Waals surface area contributed by atoms with E-state index in [1.165, 1.54) is 0 Å². The first-order chi connectivity index (χ1) is 7.66. The Hall–Kier alpha value is -1.90. The van der Waals surface area contributed by atoms with Gasteiger partial charge in [0.05, 0.1) is 0 Å². The minimum absolute atomic E-state index is 0.0445. The Bertz CT molecular complexity index is 460. The number of hydrogen-bond acceptors (Lipinski definition) is 2. The van der Waals surface area contributed by atoms with Crippen LogP contribution in [0.5, 0.6) is 0 Å². The second kappa shape index (κ2) is 4.31. The predicted octanol–water partition coefficient (Wildman–Crippen LogP) is 2.23. The molecular formula is C13H12O3. The van der Waals surface area contributed by atoms with Gasteiger partial charge < -0.3 is 5.11 Å². The fourth-order valence-corrected chi connectivity index (χ4v) is 1.99. The molecule has 0 spiro atoms. The average Bonchev–Trinajstić information content (AvgIpc) is 2.61. The molecular weight excluding hydrogens is 204 g/mol. The molecule has 1 N–H and O–H groups in total. The first-order valence-corrected chi connectivity index (χ1v) is 5.17. The Morgan fingerprint density at radius 3 is 2.75 bits per heavy atom. The molecule has 1 aromatic carbocycles. The van der Waals surface area contributed by atoms with Crippen LogP contribution in [0.4, 0.5) is 0 Å². The Morgan fingerprint density at radius 2 is 2.00 bits per heavy atom. The summed E-state index contributed by atoms with van der Waals surface area (Å²) in [5, 5.41) is 8.51. The van der Waals surface area contributed by atoms with E-state index in [2.05, 4.69) is 0 Å². The fraction of sp³-hybridized carbons (Fsp3) is 0.231. The van der Waals surface area contributed by atoms with Gasteiger partial charge in [0.2, 0.25) is 0 Å². The van der Waals surface area contributed by atoms with Crippen LogP contribution in [0.1, 0.15) is 29.9 Å². The highest BCUT2D eigenvalue weighted by molar-refractivity contribution is 5.95. The topological polar surface area (TPSA) is 54.4 Å². The van der Waals surface area contributed by atoms with E-state index in [1.807, 2.05) is 36.4 Å². The molecule has 0 aromatic heterocycles. The number of fused-ring (bicyclic) bond motifs is 1. The number of Topliss-reactive ketones (excluding diaryl/α,β-unsaturated/α-hetero) is 1. The molecule has 3 nitrogen and oxygen atoms in total. The van der Waals surface area contributed by atoms with Gasteiger partial charge in [0, 0.05) is 12.3 Å². The zero-order valence-corrected chi connectivity index (χ0v) is 8.72. The maximum Gasteiger partial charge on any atom is 0.310 e. The Balaban J connectivity index is 2.06. The molecule has 82 valence electrons. The van der Waals surface area contributed by atoms with Gasteiger partial charge in [-0.25, -0.2) is 0 Å². The van der Waals surface area contributed by atoms with E-state index in [9.17, 15) is 9.59 Å². The van der Waals surface area contributed by atoms with Gasteiger partial charge in [-0.3, -0.25) is 9.59 Å². The third-order valence-electron chi connectivity index (χ3n) is 2.70. The summed E-state index contributed by atoms with van der Waals surface area (Å²) in [6.07, 6.45) is 3.84. The van der Waals surface area contributed by atoms with Gasteiger partial charge in [0.1, 0.15) is 12.2 Å². The number of allylic oxidation sites excluding steroid dienone is 1. The highest BCUT2D eigenvalue weighted by Crippen LogP contribution is 2.32. The molecule has 2 rings (SSSR count). The number of carbonyl (C=O) groups excluding carboxylic acids is 1. The lowest BCUT2D eigenvalue weighted by Gasteiger charge is -2.08. The minimum atomic E-state index is -1.06. The Morgan fingerprint density at radius 1 is 1.25 bits per heavy atom. The van der Waals surface area contributed by atoms with Gasteiger partial charge in [0.25, 0.3) is 0 Å². The molecule has 0 aliphatic heterocycles. The van der Waals surface area contributed by atoms with Gasteiger partial charge in [-0.05, 0) is 11.1 Å². The van der Waals surface area contributed by atoms with Crippen molar-refractivity contribution >= 4 is 17.8 Å². The van der Waals surface area contributed by atoms with Crippen molar-refractivity contribution < 1.29 is 14.7 Å². The molecule has 1 atom stereocenters. The number of hydrogen-bond donors (Lipinski definition) is 1. The summed E-state index contributed by atoms with van der Waals surface area (Å²) in [6.45, 7) is 0. The molecule has 0 saturated heterocycles. The Kier molecular flexibility index (Phi) is 2.86. The van der Waals surface area contributed by atoms with Crippen LogP contribution in [0, 0.1) is 0 Å². The summed E-state index contributed by atoms with van der Waals surface area (Å²) in [6, 6.07) is 7.85. The summed E-state index contributed by atoms with van der Waals surface area (Å²) in [5.74, 6) is -1.23. The molecule has 0 saturated carbocycles. The highest BCUT2D eigenvalue weighted by atomic mass is 16.4. The van der Waals surface area contributed by atoms with E-state index in [0.717, 1.165) is 11.1 Å². The van der Waals surface area contributed by atoms with Crippen LogP contribution in [0.25, 0.3) is 6.08 Å². The molecule has 0 radical (unpaired) electrons. The zero-order chi connectivity index (χ0) is 11.5. The first kappa shape index (κ1) is 10.6. The fourth-order valence-electron chi connectivity index (χ4n) is 1.99. The average molecular weight is 216 g/mol. The van der Waals surface area contributed by atoms with Crippen molar-refractivity contribution in [2.45, 2.75) is 18.8 Å². The maximum absolute atomic E-state index is 11.4. The minimum Gasteiger partial charge on any atom is -0.481 e. The van der Waals surface area contributed by atoms with E-state index < -0.39 is 5.97 Å². The number of carboxylic acid groups (broad SMARTS) is 1. The molecule has 1 aromatic rings. The number of rotatable bonds is 4. The molecule has 1 unspecified atom stereocenters. The van der Waals surface area contributed by atoms with Crippen LogP contribution in [0.2, 0.25) is 0 Å². The summed E-state index contributed by atoms with van der Waals surface area (Å²) in [7, 11) is 0. The second-order valence-electron chi connectivity index (χ2n) is 3.91. The lowest BCUT2D eigenvalue weighted by Crippen LogP contribution is -2.09. The Labute approximate surface area is 93.4 Å². The number of benzene rings is 1. The smallest absolute Gasteiger partial charge is 0.310 e. The maximum atomic E-state index is 11.4. The van der Waals surface area contributed by atoms with E-state index in [-0.39, 0.29) is 24.5 Å². The number of carbonyl (C=O) groups is 2. The van der Waals surface area contributed by atoms with Crippen molar-refractivity contribution in [3.63, 3.8) is 0 Å². The van der Waals surface area contributed by atoms with Crippen molar-refractivity contribution in [1.82, 2.24) is 0 Å². The monoisotopic (exact) mass is 216 g/mol. The standard InChI is InChI=1S/C13H12O3/c14-11(8-13(15)16)7-10-6-5-9-3-1-2-4-12(9)10/h1-6,10H,7-8H2,(H,15,16). The third kappa shape index (κ3) is 2.19.